The van der Waals surface area contributed by atoms with Crippen molar-refractivity contribution in [2.45, 2.75) is 24.7 Å². The minimum Gasteiger partial charge on any atom is -0.396 e. The Labute approximate surface area is 174 Å². The van der Waals surface area contributed by atoms with Crippen LogP contribution < -0.4 is 11.1 Å². The third-order valence-corrected chi connectivity index (χ3v) is 6.35. The highest BCUT2D eigenvalue weighted by Crippen LogP contribution is 2.40. The van der Waals surface area contributed by atoms with Crippen molar-refractivity contribution in [3.8, 4) is 10.6 Å². The zero-order valence-corrected chi connectivity index (χ0v) is 16.7. The van der Waals surface area contributed by atoms with Crippen LogP contribution in [0.4, 0.5) is 11.8 Å². The smallest absolute Gasteiger partial charge is 0.223 e. The molecule has 1 aliphatic carbocycles. The summed E-state index contributed by atoms with van der Waals surface area (Å²) in [5.74, 6) is -0.167. The molecule has 0 radical (unpaired) electrons. The van der Waals surface area contributed by atoms with Gasteiger partial charge in [-0.05, 0) is 24.6 Å². The van der Waals surface area contributed by atoms with Gasteiger partial charge in [0.05, 0.1) is 27.9 Å². The predicted octanol–water partition coefficient (Wildman–Crippen LogP) is 2.16. The van der Waals surface area contributed by atoms with Crippen LogP contribution in [0.25, 0.3) is 20.8 Å². The van der Waals surface area contributed by atoms with E-state index in [0.29, 0.717) is 27.8 Å². The number of halogens is 2. The van der Waals surface area contributed by atoms with Gasteiger partial charge >= 0.3 is 0 Å². The van der Waals surface area contributed by atoms with Crippen molar-refractivity contribution in [2.24, 2.45) is 5.92 Å². The van der Waals surface area contributed by atoms with Crippen LogP contribution in [0.1, 0.15) is 6.42 Å². The molecule has 4 rings (SSSR count). The highest BCUT2D eigenvalue weighted by atomic mass is 35.5. The first kappa shape index (κ1) is 19.6. The lowest BCUT2D eigenvalue weighted by molar-refractivity contribution is 0.00446. The molecule has 2 heterocycles. The molecule has 0 saturated heterocycles. The summed E-state index contributed by atoms with van der Waals surface area (Å²) in [6.45, 7) is -0.228. The summed E-state index contributed by atoms with van der Waals surface area (Å²) >= 11 is 13.8. The van der Waals surface area contributed by atoms with Gasteiger partial charge in [0, 0.05) is 17.5 Å². The SMILES string of the molecule is Nc1nc(Cl)c(-c2nc3ccc(Cl)cc3s2)c(N[C@@H]2C[C@H](CO)[C@@H](O)[C@H]2O)n1. The van der Waals surface area contributed by atoms with Crippen LogP contribution in [-0.2, 0) is 0 Å². The van der Waals surface area contributed by atoms with E-state index in [4.69, 9.17) is 28.9 Å². The Balaban J connectivity index is 1.75. The fraction of sp³-hybridized carbons (Fsp3) is 0.353. The van der Waals surface area contributed by atoms with Gasteiger partial charge < -0.3 is 26.4 Å². The van der Waals surface area contributed by atoms with Gasteiger partial charge in [-0.25, -0.2) is 9.97 Å². The lowest BCUT2D eigenvalue weighted by atomic mass is 10.1. The van der Waals surface area contributed by atoms with Crippen molar-refractivity contribution in [1.29, 1.82) is 0 Å². The number of benzene rings is 1. The zero-order chi connectivity index (χ0) is 20.0. The number of nitrogens with two attached hydrogens (primary N) is 1. The lowest BCUT2D eigenvalue weighted by Crippen LogP contribution is -2.35. The maximum atomic E-state index is 10.3. The summed E-state index contributed by atoms with van der Waals surface area (Å²) in [6, 6.07) is 4.82. The van der Waals surface area contributed by atoms with Crippen molar-refractivity contribution in [3.05, 3.63) is 28.4 Å². The first-order valence-electron chi connectivity index (χ1n) is 8.50. The molecular formula is C17H17Cl2N5O3S. The maximum absolute atomic E-state index is 10.3. The van der Waals surface area contributed by atoms with E-state index in [2.05, 4.69) is 20.3 Å². The quantitative estimate of drug-likeness (QED) is 0.388. The summed E-state index contributed by atoms with van der Waals surface area (Å²) in [5.41, 5.74) is 6.95. The largest absolute Gasteiger partial charge is 0.396 e. The summed E-state index contributed by atoms with van der Waals surface area (Å²) in [6.07, 6.45) is -1.76. The Morgan fingerprint density at radius 1 is 1.18 bits per heavy atom. The fourth-order valence-corrected chi connectivity index (χ4v) is 4.98. The predicted molar refractivity (Wildman–Crippen MR) is 110 cm³/mol. The summed E-state index contributed by atoms with van der Waals surface area (Å²) in [5, 5.41) is 34.1. The van der Waals surface area contributed by atoms with Crippen molar-refractivity contribution in [3.63, 3.8) is 0 Å². The highest BCUT2D eigenvalue weighted by molar-refractivity contribution is 7.21. The Morgan fingerprint density at radius 2 is 1.96 bits per heavy atom. The van der Waals surface area contributed by atoms with Crippen molar-refractivity contribution >= 4 is 56.5 Å². The van der Waals surface area contributed by atoms with Crippen LogP contribution in [0.3, 0.4) is 0 Å². The number of rotatable bonds is 4. The second-order valence-electron chi connectivity index (χ2n) is 6.64. The van der Waals surface area contributed by atoms with Crippen molar-refractivity contribution in [2.75, 3.05) is 17.7 Å². The minimum absolute atomic E-state index is 0.0350. The number of nitrogens with zero attached hydrogens (tertiary/aromatic N) is 3. The molecule has 148 valence electrons. The van der Waals surface area contributed by atoms with E-state index in [1.165, 1.54) is 11.3 Å². The van der Waals surface area contributed by atoms with Crippen molar-refractivity contribution in [1.82, 2.24) is 15.0 Å². The van der Waals surface area contributed by atoms with E-state index in [-0.39, 0.29) is 17.7 Å². The molecule has 3 aromatic rings. The summed E-state index contributed by atoms with van der Waals surface area (Å²) in [4.78, 5) is 12.8. The second-order valence-corrected chi connectivity index (χ2v) is 8.46. The number of nitrogen functional groups attached to an aromatic ring is 1. The number of nitrogens with one attached hydrogen (secondary N) is 1. The molecular weight excluding hydrogens is 425 g/mol. The van der Waals surface area contributed by atoms with Gasteiger partial charge in [-0.1, -0.05) is 23.2 Å². The molecule has 0 unspecified atom stereocenters. The monoisotopic (exact) mass is 441 g/mol. The molecule has 8 nitrogen and oxygen atoms in total. The van der Waals surface area contributed by atoms with Gasteiger partial charge in [0.1, 0.15) is 22.1 Å². The van der Waals surface area contributed by atoms with Crippen molar-refractivity contribution < 1.29 is 15.3 Å². The molecule has 0 bridgehead atoms. The molecule has 28 heavy (non-hydrogen) atoms. The van der Waals surface area contributed by atoms with Gasteiger partial charge in [-0.2, -0.15) is 4.98 Å². The van der Waals surface area contributed by atoms with Gasteiger partial charge in [0.15, 0.2) is 0 Å². The van der Waals surface area contributed by atoms with Crippen LogP contribution >= 0.6 is 34.5 Å². The van der Waals surface area contributed by atoms with Gasteiger partial charge in [-0.15, -0.1) is 11.3 Å². The standard InChI is InChI=1S/C17H17Cl2N5O3S/c18-7-1-2-8-10(4-7)28-16(22-8)11-14(19)23-17(20)24-15(11)21-9-3-6(5-25)12(26)13(9)27/h1-2,4,6,9,12-13,25-27H,3,5H2,(H3,20,21,23,24)/t6-,9-,12-,13+/m1/s1. The van der Waals surface area contributed by atoms with Gasteiger partial charge in [0.2, 0.25) is 5.95 Å². The van der Waals surface area contributed by atoms with E-state index in [1.54, 1.807) is 18.2 Å². The number of hydrogen-bond donors (Lipinski definition) is 5. The number of hydrogen-bond acceptors (Lipinski definition) is 9. The Morgan fingerprint density at radius 3 is 2.68 bits per heavy atom. The number of aromatic nitrogens is 3. The molecule has 1 saturated carbocycles. The molecule has 1 aromatic carbocycles. The maximum Gasteiger partial charge on any atom is 0.223 e. The third-order valence-electron chi connectivity index (χ3n) is 4.80. The lowest BCUT2D eigenvalue weighted by Gasteiger charge is -2.20. The number of fused-ring (bicyclic) bond motifs is 1. The Bertz CT molecular complexity index is 1030. The molecule has 1 aliphatic rings. The van der Waals surface area contributed by atoms with Crippen LogP contribution in [0.2, 0.25) is 10.2 Å². The molecule has 0 amide bonds. The Kier molecular flexibility index (Phi) is 5.30. The second kappa shape index (κ2) is 7.58. The molecule has 0 spiro atoms. The van der Waals surface area contributed by atoms with Gasteiger partial charge in [0.25, 0.3) is 0 Å². The van der Waals surface area contributed by atoms with Crippen LogP contribution in [0, 0.1) is 5.92 Å². The third kappa shape index (κ3) is 3.49. The zero-order valence-electron chi connectivity index (χ0n) is 14.4. The summed E-state index contributed by atoms with van der Waals surface area (Å²) in [7, 11) is 0. The molecule has 11 heteroatoms. The first-order valence-corrected chi connectivity index (χ1v) is 10.1. The van der Waals surface area contributed by atoms with Crippen LogP contribution in [0.5, 0.6) is 0 Å². The Hall–Kier alpha value is -1.75. The number of thiazole rings is 1. The van der Waals surface area contributed by atoms with E-state index in [0.717, 1.165) is 10.2 Å². The first-order chi connectivity index (χ1) is 13.4. The average Bonchev–Trinajstić information content (AvgIpc) is 3.16. The van der Waals surface area contributed by atoms with Gasteiger partial charge in [-0.3, -0.25) is 0 Å². The molecule has 2 aromatic heterocycles. The van der Waals surface area contributed by atoms with E-state index in [9.17, 15) is 15.3 Å². The van der Waals surface area contributed by atoms with Crippen LogP contribution in [-0.4, -0.2) is 55.1 Å². The normalized spacial score (nSPS) is 24.8. The molecule has 6 N–H and O–H groups in total. The topological polar surface area (TPSA) is 137 Å². The number of anilines is 2. The van der Waals surface area contributed by atoms with E-state index < -0.39 is 24.2 Å². The molecule has 1 fully saturated rings. The molecule has 4 atom stereocenters. The number of aliphatic hydroxyl groups is 3. The number of aliphatic hydroxyl groups excluding tert-OH is 3. The highest BCUT2D eigenvalue weighted by Gasteiger charge is 2.41. The average molecular weight is 442 g/mol. The van der Waals surface area contributed by atoms with E-state index >= 15 is 0 Å². The summed E-state index contributed by atoms with van der Waals surface area (Å²) < 4.78 is 0.873. The van der Waals surface area contributed by atoms with E-state index in [1.807, 2.05) is 0 Å². The fourth-order valence-electron chi connectivity index (χ4n) is 3.37. The minimum atomic E-state index is -1.07. The van der Waals surface area contributed by atoms with Crippen LogP contribution in [0.15, 0.2) is 18.2 Å². The molecule has 0 aliphatic heterocycles.